The maximum Gasteiger partial charge on any atom is 0.303 e. The molecule has 8 heteroatoms. The van der Waals surface area contributed by atoms with Crippen molar-refractivity contribution in [2.45, 2.75) is 77.4 Å². The summed E-state index contributed by atoms with van der Waals surface area (Å²) < 4.78 is 0. The summed E-state index contributed by atoms with van der Waals surface area (Å²) in [6.07, 6.45) is 5.03. The minimum absolute atomic E-state index is 0.0628. The predicted octanol–water partition coefficient (Wildman–Crippen LogP) is 1.34. The molecular weight excluding hydrogens is 320 g/mol. The van der Waals surface area contributed by atoms with Crippen LogP contribution in [0.3, 0.4) is 0 Å². The number of carbonyl (C=O) groups is 2. The molecule has 0 saturated carbocycles. The number of unbranched alkanes of at least 4 members (excludes halogenated alkanes) is 4. The highest BCUT2D eigenvalue weighted by molar-refractivity contribution is 5.67. The number of carboxylic acid groups (broad SMARTS) is 2. The zero-order valence-corrected chi connectivity index (χ0v) is 14.6. The van der Waals surface area contributed by atoms with Gasteiger partial charge in [0.25, 0.3) is 0 Å². The third kappa shape index (κ3) is 42.8. The van der Waals surface area contributed by atoms with Crippen LogP contribution in [-0.4, -0.2) is 62.1 Å². The van der Waals surface area contributed by atoms with Crippen molar-refractivity contribution in [3.8, 4) is 0 Å². The summed E-state index contributed by atoms with van der Waals surface area (Å²) in [5.74, 6) is -1.74. The topological polar surface area (TPSA) is 156 Å². The quantitative estimate of drug-likeness (QED) is 0.226. The highest BCUT2D eigenvalue weighted by Crippen LogP contribution is 2.00. The molecule has 0 fully saturated rings. The Bertz CT molecular complexity index is 249. The third-order valence-electron chi connectivity index (χ3n) is 2.66. The van der Waals surface area contributed by atoms with E-state index in [4.69, 9.17) is 30.6 Å². The zero-order chi connectivity index (χ0) is 19.2. The minimum Gasteiger partial charge on any atom is -0.481 e. The minimum atomic E-state index is -1.10. The average Bonchev–Trinajstić information content (AvgIpc) is 2.50. The van der Waals surface area contributed by atoms with Crippen LogP contribution in [0.4, 0.5) is 0 Å². The van der Waals surface area contributed by atoms with Crippen molar-refractivity contribution >= 4 is 11.9 Å². The van der Waals surface area contributed by atoms with Gasteiger partial charge in [0.2, 0.25) is 0 Å². The van der Waals surface area contributed by atoms with E-state index in [9.17, 15) is 9.59 Å². The number of aliphatic carboxylic acids is 2. The molecule has 6 N–H and O–H groups in total. The first-order valence-corrected chi connectivity index (χ1v) is 8.33. The van der Waals surface area contributed by atoms with Gasteiger partial charge in [-0.3, -0.25) is 9.59 Å². The molecule has 0 rings (SSSR count). The summed E-state index contributed by atoms with van der Waals surface area (Å²) in [6.45, 7) is 2.48. The predicted molar refractivity (Wildman–Crippen MR) is 89.5 cm³/mol. The molecular formula is C16H34O8. The molecule has 146 valence electrons. The van der Waals surface area contributed by atoms with Gasteiger partial charge < -0.3 is 30.6 Å². The maximum absolute atomic E-state index is 9.90. The van der Waals surface area contributed by atoms with E-state index in [1.54, 1.807) is 0 Å². The Morgan fingerprint density at radius 1 is 0.750 bits per heavy atom. The normalized spacial score (nSPS) is 9.58. The summed E-state index contributed by atoms with van der Waals surface area (Å²) in [5, 5.41) is 49.1. The number of rotatable bonds is 12. The van der Waals surface area contributed by atoms with Gasteiger partial charge >= 0.3 is 11.9 Å². The van der Waals surface area contributed by atoms with Gasteiger partial charge in [0.1, 0.15) is 0 Å². The van der Waals surface area contributed by atoms with Gasteiger partial charge in [0.15, 0.2) is 6.29 Å². The van der Waals surface area contributed by atoms with Crippen molar-refractivity contribution in [1.29, 1.82) is 0 Å². The summed E-state index contributed by atoms with van der Waals surface area (Å²) in [5.41, 5.74) is 0. The van der Waals surface area contributed by atoms with Crippen molar-refractivity contribution in [2.75, 3.05) is 13.2 Å². The van der Waals surface area contributed by atoms with E-state index in [1.807, 2.05) is 0 Å². The van der Waals surface area contributed by atoms with Crippen LogP contribution in [0.25, 0.3) is 0 Å². The molecule has 0 radical (unpaired) electrons. The third-order valence-corrected chi connectivity index (χ3v) is 2.66. The largest absolute Gasteiger partial charge is 0.481 e. The Balaban J connectivity index is -0.000000285. The number of aliphatic hydroxyl groups is 4. The van der Waals surface area contributed by atoms with E-state index >= 15 is 0 Å². The van der Waals surface area contributed by atoms with E-state index in [0.29, 0.717) is 19.3 Å². The van der Waals surface area contributed by atoms with Crippen LogP contribution < -0.4 is 0 Å². The molecule has 0 unspecified atom stereocenters. The lowest BCUT2D eigenvalue weighted by Gasteiger charge is -1.99. The van der Waals surface area contributed by atoms with Crippen LogP contribution in [0.15, 0.2) is 0 Å². The van der Waals surface area contributed by atoms with Crippen LogP contribution in [0.2, 0.25) is 0 Å². The Kier molecular flexibility index (Phi) is 27.7. The molecule has 8 nitrogen and oxygen atoms in total. The van der Waals surface area contributed by atoms with Gasteiger partial charge in [0, 0.05) is 26.1 Å². The SMILES string of the molecule is CCCCCC(O)O.O=C(O)CCCCC(=O)O.OCCCCO. The second kappa shape index (κ2) is 24.0. The molecule has 0 atom stereocenters. The first-order chi connectivity index (χ1) is 11.3. The first kappa shape index (κ1) is 27.6. The Labute approximate surface area is 143 Å². The fourth-order valence-corrected chi connectivity index (χ4v) is 1.35. The van der Waals surface area contributed by atoms with Crippen molar-refractivity contribution in [3.05, 3.63) is 0 Å². The van der Waals surface area contributed by atoms with Gasteiger partial charge in [-0.1, -0.05) is 19.8 Å². The highest BCUT2D eigenvalue weighted by atomic mass is 16.5. The monoisotopic (exact) mass is 354 g/mol. The first-order valence-electron chi connectivity index (χ1n) is 8.33. The van der Waals surface area contributed by atoms with Crippen LogP contribution in [0.1, 0.15) is 71.1 Å². The second-order valence-electron chi connectivity index (χ2n) is 5.13. The van der Waals surface area contributed by atoms with Gasteiger partial charge in [-0.05, 0) is 38.5 Å². The van der Waals surface area contributed by atoms with Gasteiger partial charge in [-0.25, -0.2) is 0 Å². The smallest absolute Gasteiger partial charge is 0.303 e. The molecule has 0 saturated heterocycles. The molecule has 0 aromatic rings. The zero-order valence-electron chi connectivity index (χ0n) is 14.6. The Hall–Kier alpha value is -1.22. The molecule has 0 aliphatic heterocycles. The standard InChI is InChI=1S/C6H10O4.C6H14O2.C4H10O2/c7-5(8)3-1-2-4-6(9)10;1-2-3-4-5-6(7)8;5-3-1-2-4-6/h1-4H2,(H,7,8)(H,9,10);6-8H,2-5H2,1H3;5-6H,1-4H2. The van der Waals surface area contributed by atoms with Crippen molar-refractivity contribution < 1.29 is 40.2 Å². The van der Waals surface area contributed by atoms with Crippen LogP contribution in [-0.2, 0) is 9.59 Å². The van der Waals surface area contributed by atoms with Crippen LogP contribution in [0.5, 0.6) is 0 Å². The van der Waals surface area contributed by atoms with Crippen LogP contribution >= 0.6 is 0 Å². The van der Waals surface area contributed by atoms with Gasteiger partial charge in [-0.2, -0.15) is 0 Å². The summed E-state index contributed by atoms with van der Waals surface area (Å²) in [6, 6.07) is 0. The van der Waals surface area contributed by atoms with Gasteiger partial charge in [0.05, 0.1) is 0 Å². The molecule has 24 heavy (non-hydrogen) atoms. The Morgan fingerprint density at radius 2 is 1.17 bits per heavy atom. The maximum atomic E-state index is 9.90. The second-order valence-corrected chi connectivity index (χ2v) is 5.13. The molecule has 0 spiro atoms. The van der Waals surface area contributed by atoms with E-state index in [1.165, 1.54) is 0 Å². The van der Waals surface area contributed by atoms with Crippen molar-refractivity contribution in [2.24, 2.45) is 0 Å². The van der Waals surface area contributed by atoms with E-state index in [0.717, 1.165) is 32.1 Å². The molecule has 0 amide bonds. The molecule has 0 aromatic heterocycles. The number of aliphatic hydroxyl groups excluding tert-OH is 3. The fraction of sp³-hybridized carbons (Fsp3) is 0.875. The molecule has 0 aliphatic carbocycles. The van der Waals surface area contributed by atoms with E-state index < -0.39 is 18.2 Å². The summed E-state index contributed by atoms with van der Waals surface area (Å²) >= 11 is 0. The summed E-state index contributed by atoms with van der Waals surface area (Å²) in [7, 11) is 0. The Morgan fingerprint density at radius 3 is 1.42 bits per heavy atom. The number of hydrogen-bond donors (Lipinski definition) is 6. The van der Waals surface area contributed by atoms with Gasteiger partial charge in [-0.15, -0.1) is 0 Å². The molecule has 0 heterocycles. The molecule has 0 aromatic carbocycles. The highest BCUT2D eigenvalue weighted by Gasteiger charge is 1.99. The number of hydrogen-bond acceptors (Lipinski definition) is 6. The fourth-order valence-electron chi connectivity index (χ4n) is 1.35. The average molecular weight is 354 g/mol. The lowest BCUT2D eigenvalue weighted by Crippen LogP contribution is -2.02. The molecule has 0 bridgehead atoms. The van der Waals surface area contributed by atoms with Crippen LogP contribution in [0, 0.1) is 0 Å². The lowest BCUT2D eigenvalue weighted by molar-refractivity contribution is -0.139. The molecule has 0 aliphatic rings. The van der Waals surface area contributed by atoms with E-state index in [-0.39, 0.29) is 26.1 Å². The van der Waals surface area contributed by atoms with Crippen molar-refractivity contribution in [1.82, 2.24) is 0 Å². The van der Waals surface area contributed by atoms with Crippen molar-refractivity contribution in [3.63, 3.8) is 0 Å². The van der Waals surface area contributed by atoms with E-state index in [2.05, 4.69) is 6.92 Å². The summed E-state index contributed by atoms with van der Waals surface area (Å²) in [4.78, 5) is 19.8. The number of carboxylic acids is 2. The lowest BCUT2D eigenvalue weighted by atomic mass is 10.2.